The van der Waals surface area contributed by atoms with Crippen LogP contribution in [0.15, 0.2) is 54.6 Å². The first-order valence-electron chi connectivity index (χ1n) is 8.63. The van der Waals surface area contributed by atoms with Crippen LogP contribution in [-0.4, -0.2) is 37.6 Å². The highest BCUT2D eigenvalue weighted by Gasteiger charge is 2.35. The van der Waals surface area contributed by atoms with E-state index in [0.29, 0.717) is 17.7 Å². The molecule has 140 valence electrons. The zero-order chi connectivity index (χ0) is 19.3. The van der Waals surface area contributed by atoms with Crippen LogP contribution < -0.4 is 4.90 Å². The minimum atomic E-state index is -3.09. The Hall–Kier alpha value is -2.30. The predicted octanol–water partition coefficient (Wildman–Crippen LogP) is 3.01. The van der Waals surface area contributed by atoms with E-state index in [1.54, 1.807) is 11.0 Å². The molecular weight excluding hydrogens is 380 g/mol. The molecule has 1 amide bonds. The lowest BCUT2D eigenvalue weighted by atomic mass is 10.1. The van der Waals surface area contributed by atoms with Crippen molar-refractivity contribution in [1.82, 2.24) is 0 Å². The number of rotatable bonds is 6. The first-order chi connectivity index (χ1) is 13.0. The number of carbonyl (C=O) groups excluding carboxylic acids is 1. The number of hydrogen-bond donors (Lipinski definition) is 0. The van der Waals surface area contributed by atoms with E-state index in [-0.39, 0.29) is 29.2 Å². The van der Waals surface area contributed by atoms with Crippen LogP contribution in [0, 0.1) is 11.3 Å². The van der Waals surface area contributed by atoms with Crippen LogP contribution in [0.3, 0.4) is 0 Å². The minimum Gasteiger partial charge on any atom is -0.308 e. The lowest BCUT2D eigenvalue weighted by Crippen LogP contribution is -2.42. The Morgan fingerprint density at radius 3 is 2.52 bits per heavy atom. The van der Waals surface area contributed by atoms with E-state index in [4.69, 9.17) is 5.26 Å². The molecule has 1 fully saturated rings. The van der Waals surface area contributed by atoms with Crippen LogP contribution in [-0.2, 0) is 20.4 Å². The van der Waals surface area contributed by atoms with E-state index in [1.807, 2.05) is 48.5 Å². The highest BCUT2D eigenvalue weighted by Crippen LogP contribution is 2.26. The Bertz CT molecular complexity index is 953. The Morgan fingerprint density at radius 1 is 1.15 bits per heavy atom. The van der Waals surface area contributed by atoms with Crippen LogP contribution in [0.25, 0.3) is 0 Å². The Morgan fingerprint density at radius 2 is 1.85 bits per heavy atom. The Balaban J connectivity index is 1.71. The molecule has 1 saturated heterocycles. The second-order valence-electron chi connectivity index (χ2n) is 6.42. The first-order valence-corrected chi connectivity index (χ1v) is 11.6. The molecule has 1 atom stereocenters. The van der Waals surface area contributed by atoms with Crippen LogP contribution in [0.5, 0.6) is 0 Å². The fourth-order valence-corrected chi connectivity index (χ4v) is 5.79. The van der Waals surface area contributed by atoms with Gasteiger partial charge in [0, 0.05) is 11.4 Å². The van der Waals surface area contributed by atoms with E-state index in [1.165, 1.54) is 11.8 Å². The van der Waals surface area contributed by atoms with Gasteiger partial charge in [-0.15, -0.1) is 11.8 Å². The van der Waals surface area contributed by atoms with E-state index in [9.17, 15) is 13.2 Å². The average Bonchev–Trinajstić information content (AvgIpc) is 3.02. The van der Waals surface area contributed by atoms with Gasteiger partial charge in [-0.1, -0.05) is 36.4 Å². The summed E-state index contributed by atoms with van der Waals surface area (Å²) in [6.07, 6.45) is 0.463. The SMILES string of the molecule is N#Cc1ccccc1CSCC(=O)N(c1ccccc1)[C@@H]1CCS(=O)(=O)C1. The number of thioether (sulfide) groups is 1. The zero-order valence-corrected chi connectivity index (χ0v) is 16.4. The molecule has 27 heavy (non-hydrogen) atoms. The van der Waals surface area contributed by atoms with Crippen molar-refractivity contribution in [3.63, 3.8) is 0 Å². The third-order valence-electron chi connectivity index (χ3n) is 4.50. The predicted molar refractivity (Wildman–Crippen MR) is 108 cm³/mol. The van der Waals surface area contributed by atoms with Crippen molar-refractivity contribution in [2.24, 2.45) is 0 Å². The fraction of sp³-hybridized carbons (Fsp3) is 0.300. The largest absolute Gasteiger partial charge is 0.308 e. The number of sulfone groups is 1. The van der Waals surface area contributed by atoms with E-state index < -0.39 is 9.84 Å². The van der Waals surface area contributed by atoms with Crippen molar-refractivity contribution in [1.29, 1.82) is 5.26 Å². The summed E-state index contributed by atoms with van der Waals surface area (Å²) < 4.78 is 23.8. The highest BCUT2D eigenvalue weighted by atomic mass is 32.2. The number of carbonyl (C=O) groups is 1. The minimum absolute atomic E-state index is 0.00949. The van der Waals surface area contributed by atoms with Gasteiger partial charge in [0.1, 0.15) is 0 Å². The molecule has 3 rings (SSSR count). The smallest absolute Gasteiger partial charge is 0.237 e. The number of nitriles is 1. The fourth-order valence-electron chi connectivity index (χ4n) is 3.20. The quantitative estimate of drug-likeness (QED) is 0.745. The van der Waals surface area contributed by atoms with Crippen molar-refractivity contribution in [2.45, 2.75) is 18.2 Å². The van der Waals surface area contributed by atoms with Crippen LogP contribution in [0.2, 0.25) is 0 Å². The van der Waals surface area contributed by atoms with Crippen molar-refractivity contribution >= 4 is 33.2 Å². The molecule has 0 aromatic heterocycles. The summed E-state index contributed by atoms with van der Waals surface area (Å²) in [5.74, 6) is 0.807. The number of anilines is 1. The maximum atomic E-state index is 12.9. The van der Waals surface area contributed by atoms with Crippen LogP contribution in [0.4, 0.5) is 5.69 Å². The van der Waals surface area contributed by atoms with Gasteiger partial charge in [0.15, 0.2) is 9.84 Å². The number of amides is 1. The molecule has 1 heterocycles. The summed E-state index contributed by atoms with van der Waals surface area (Å²) in [6, 6.07) is 18.4. The van der Waals surface area contributed by atoms with Crippen molar-refractivity contribution < 1.29 is 13.2 Å². The van der Waals surface area contributed by atoms with Gasteiger partial charge in [0.25, 0.3) is 0 Å². The van der Waals surface area contributed by atoms with Crippen molar-refractivity contribution in [3.05, 3.63) is 65.7 Å². The molecule has 0 bridgehead atoms. The maximum absolute atomic E-state index is 12.9. The monoisotopic (exact) mass is 400 g/mol. The van der Waals surface area contributed by atoms with E-state index in [0.717, 1.165) is 11.3 Å². The van der Waals surface area contributed by atoms with E-state index >= 15 is 0 Å². The highest BCUT2D eigenvalue weighted by molar-refractivity contribution is 7.99. The molecule has 2 aromatic carbocycles. The molecule has 7 heteroatoms. The van der Waals surface area contributed by atoms with E-state index in [2.05, 4.69) is 6.07 Å². The van der Waals surface area contributed by atoms with Gasteiger partial charge in [0.2, 0.25) is 5.91 Å². The van der Waals surface area contributed by atoms with Gasteiger partial charge in [-0.05, 0) is 30.2 Å². The average molecular weight is 401 g/mol. The second kappa shape index (κ2) is 8.59. The maximum Gasteiger partial charge on any atom is 0.237 e. The normalized spacial score (nSPS) is 18.0. The molecule has 5 nitrogen and oxygen atoms in total. The van der Waals surface area contributed by atoms with Crippen molar-refractivity contribution in [3.8, 4) is 6.07 Å². The molecule has 0 aliphatic carbocycles. The first kappa shape index (κ1) is 19.5. The molecule has 0 saturated carbocycles. The number of hydrogen-bond acceptors (Lipinski definition) is 5. The summed E-state index contributed by atoms with van der Waals surface area (Å²) in [6.45, 7) is 0. The summed E-state index contributed by atoms with van der Waals surface area (Å²) in [5, 5.41) is 9.17. The summed E-state index contributed by atoms with van der Waals surface area (Å²) >= 11 is 1.43. The third-order valence-corrected chi connectivity index (χ3v) is 7.21. The van der Waals surface area contributed by atoms with Gasteiger partial charge >= 0.3 is 0 Å². The number of nitrogens with zero attached hydrogens (tertiary/aromatic N) is 2. The number of benzene rings is 2. The summed E-state index contributed by atoms with van der Waals surface area (Å²) in [5.41, 5.74) is 2.23. The standard InChI is InChI=1S/C20H20N2O3S2/c21-12-16-6-4-5-7-17(16)13-26-14-20(23)22(18-8-2-1-3-9-18)19-10-11-27(24,25)15-19/h1-9,19H,10-11,13-15H2/t19-/m1/s1. The van der Waals surface area contributed by atoms with Gasteiger partial charge in [-0.3, -0.25) is 4.79 Å². The summed E-state index contributed by atoms with van der Waals surface area (Å²) in [7, 11) is -3.09. The van der Waals surface area contributed by atoms with Gasteiger partial charge in [0.05, 0.1) is 34.9 Å². The molecule has 0 unspecified atom stereocenters. The topological polar surface area (TPSA) is 78.2 Å². The molecule has 2 aromatic rings. The molecular formula is C20H20N2O3S2. The Kier molecular flexibility index (Phi) is 6.19. The molecule has 0 radical (unpaired) electrons. The molecule has 1 aliphatic heterocycles. The van der Waals surface area contributed by atoms with Crippen LogP contribution in [0.1, 0.15) is 17.5 Å². The molecule has 0 spiro atoms. The van der Waals surface area contributed by atoms with Gasteiger partial charge < -0.3 is 4.90 Å². The van der Waals surface area contributed by atoms with Gasteiger partial charge in [-0.2, -0.15) is 5.26 Å². The van der Waals surface area contributed by atoms with Crippen molar-refractivity contribution in [2.75, 3.05) is 22.2 Å². The zero-order valence-electron chi connectivity index (χ0n) is 14.7. The lowest BCUT2D eigenvalue weighted by Gasteiger charge is -2.28. The van der Waals surface area contributed by atoms with Gasteiger partial charge in [-0.25, -0.2) is 8.42 Å². The molecule has 1 aliphatic rings. The van der Waals surface area contributed by atoms with Crippen LogP contribution >= 0.6 is 11.8 Å². The summed E-state index contributed by atoms with van der Waals surface area (Å²) in [4.78, 5) is 14.6. The Labute approximate surface area is 163 Å². The second-order valence-corrected chi connectivity index (χ2v) is 9.63. The molecule has 0 N–H and O–H groups in total. The third kappa shape index (κ3) is 4.90. The number of para-hydroxylation sites is 1. The lowest BCUT2D eigenvalue weighted by molar-refractivity contribution is -0.116.